The fraction of sp³-hybridized carbons (Fsp3) is 0.0870. The number of pyridine rings is 1. The van der Waals surface area contributed by atoms with Gasteiger partial charge in [0.2, 0.25) is 0 Å². The van der Waals surface area contributed by atoms with E-state index in [1.54, 1.807) is 18.5 Å². The summed E-state index contributed by atoms with van der Waals surface area (Å²) in [6.07, 6.45) is 4.32. The highest BCUT2D eigenvalue weighted by molar-refractivity contribution is 6.05. The van der Waals surface area contributed by atoms with Crippen molar-refractivity contribution in [3.63, 3.8) is 0 Å². The van der Waals surface area contributed by atoms with Crippen LogP contribution in [0, 0.1) is 0 Å². The van der Waals surface area contributed by atoms with E-state index in [1.165, 1.54) is 11.3 Å². The van der Waals surface area contributed by atoms with Crippen molar-refractivity contribution >= 4 is 23.0 Å². The summed E-state index contributed by atoms with van der Waals surface area (Å²) in [7, 11) is 0. The minimum atomic E-state index is -0.311. The van der Waals surface area contributed by atoms with E-state index in [-0.39, 0.29) is 11.6 Å². The van der Waals surface area contributed by atoms with Gasteiger partial charge in [-0.15, -0.1) is 0 Å². The normalized spacial score (nSPS) is 12.6. The number of anilines is 3. The van der Waals surface area contributed by atoms with E-state index in [9.17, 15) is 4.79 Å². The first-order valence-electron chi connectivity index (χ1n) is 9.42. The molecule has 1 aliphatic heterocycles. The van der Waals surface area contributed by atoms with Crippen LogP contribution in [-0.2, 0) is 6.42 Å². The molecule has 2 aromatic heterocycles. The number of fused-ring (bicyclic) bond motifs is 1. The Labute approximate surface area is 167 Å². The van der Waals surface area contributed by atoms with Gasteiger partial charge in [-0.25, -0.2) is 0 Å². The average molecular weight is 382 g/mol. The van der Waals surface area contributed by atoms with E-state index < -0.39 is 0 Å². The molecule has 1 aliphatic rings. The van der Waals surface area contributed by atoms with Crippen LogP contribution in [-0.4, -0.2) is 22.6 Å². The number of benzene rings is 2. The third-order valence-corrected chi connectivity index (χ3v) is 5.04. The zero-order chi connectivity index (χ0) is 19.6. The topological polar surface area (TPSA) is 71.3 Å². The molecule has 6 heteroatoms. The summed E-state index contributed by atoms with van der Waals surface area (Å²) in [5.41, 5.74) is 5.24. The van der Waals surface area contributed by atoms with E-state index in [2.05, 4.69) is 38.6 Å². The van der Waals surface area contributed by atoms with Crippen LogP contribution in [0.4, 0.5) is 17.1 Å². The summed E-state index contributed by atoms with van der Waals surface area (Å²) in [4.78, 5) is 19.0. The van der Waals surface area contributed by atoms with Crippen LogP contribution in [0.1, 0.15) is 16.1 Å². The number of nitrogens with one attached hydrogen (secondary N) is 1. The molecule has 0 unspecified atom stereocenters. The maximum absolute atomic E-state index is 12.8. The van der Waals surface area contributed by atoms with E-state index in [0.29, 0.717) is 5.76 Å². The van der Waals surface area contributed by atoms with Crippen LogP contribution < -0.4 is 10.2 Å². The molecule has 0 saturated carbocycles. The molecule has 0 radical (unpaired) electrons. The van der Waals surface area contributed by atoms with Crippen molar-refractivity contribution in [2.45, 2.75) is 6.42 Å². The summed E-state index contributed by atoms with van der Waals surface area (Å²) in [6.45, 7) is 0.877. The predicted molar refractivity (Wildman–Crippen MR) is 111 cm³/mol. The lowest BCUT2D eigenvalue weighted by atomic mass is 10.1. The lowest BCUT2D eigenvalue weighted by Crippen LogP contribution is -2.18. The van der Waals surface area contributed by atoms with Crippen molar-refractivity contribution in [3.05, 3.63) is 90.4 Å². The first-order valence-corrected chi connectivity index (χ1v) is 9.42. The zero-order valence-electron chi connectivity index (χ0n) is 15.6. The number of nitrogens with zero attached hydrogens (tertiary/aromatic N) is 3. The Hall–Kier alpha value is -3.93. The maximum Gasteiger partial charge on any atom is 0.277 e. The van der Waals surface area contributed by atoms with E-state index in [0.717, 1.165) is 29.9 Å². The molecule has 5 rings (SSSR count). The second-order valence-corrected chi connectivity index (χ2v) is 6.81. The van der Waals surface area contributed by atoms with Crippen LogP contribution in [0.25, 0.3) is 11.3 Å². The smallest absolute Gasteiger partial charge is 0.277 e. The van der Waals surface area contributed by atoms with Crippen LogP contribution in [0.5, 0.6) is 0 Å². The molecule has 29 heavy (non-hydrogen) atoms. The van der Waals surface area contributed by atoms with Crippen LogP contribution in [0.15, 0.2) is 83.6 Å². The molecular weight excluding hydrogens is 364 g/mol. The van der Waals surface area contributed by atoms with Crippen molar-refractivity contribution in [1.82, 2.24) is 10.1 Å². The van der Waals surface area contributed by atoms with Gasteiger partial charge in [0.15, 0.2) is 11.5 Å². The van der Waals surface area contributed by atoms with Gasteiger partial charge < -0.3 is 14.7 Å². The molecule has 6 nitrogen and oxygen atoms in total. The summed E-state index contributed by atoms with van der Waals surface area (Å²) in [6, 6.07) is 21.4. The van der Waals surface area contributed by atoms with Crippen molar-refractivity contribution < 1.29 is 9.32 Å². The van der Waals surface area contributed by atoms with Crippen molar-refractivity contribution in [1.29, 1.82) is 0 Å². The van der Waals surface area contributed by atoms with Gasteiger partial charge in [0.05, 0.1) is 11.4 Å². The number of rotatable bonds is 4. The van der Waals surface area contributed by atoms with Gasteiger partial charge in [0, 0.05) is 36.3 Å². The van der Waals surface area contributed by atoms with E-state index in [4.69, 9.17) is 4.52 Å². The number of carbonyl (C=O) groups is 1. The minimum absolute atomic E-state index is 0.230. The molecule has 0 atom stereocenters. The zero-order valence-corrected chi connectivity index (χ0v) is 15.6. The van der Waals surface area contributed by atoms with Crippen LogP contribution in [0.2, 0.25) is 0 Å². The molecule has 0 fully saturated rings. The van der Waals surface area contributed by atoms with Crippen LogP contribution in [0.3, 0.4) is 0 Å². The average Bonchev–Trinajstić information content (AvgIpc) is 3.43. The third kappa shape index (κ3) is 3.25. The number of aromatic nitrogens is 2. The van der Waals surface area contributed by atoms with Crippen molar-refractivity contribution in [2.24, 2.45) is 0 Å². The Kier molecular flexibility index (Phi) is 4.29. The summed E-state index contributed by atoms with van der Waals surface area (Å²) in [5, 5.41) is 6.91. The Morgan fingerprint density at radius 2 is 1.72 bits per heavy atom. The highest BCUT2D eigenvalue weighted by atomic mass is 16.5. The fourth-order valence-corrected chi connectivity index (χ4v) is 3.62. The SMILES string of the molecule is O=C(Nc1ccccc1N1CCc2ccccc21)c1cc(-c2ccncc2)on1. The molecule has 142 valence electrons. The highest BCUT2D eigenvalue weighted by Gasteiger charge is 2.23. The van der Waals surface area contributed by atoms with Gasteiger partial charge in [-0.3, -0.25) is 9.78 Å². The molecule has 0 saturated heterocycles. The Morgan fingerprint density at radius 1 is 0.966 bits per heavy atom. The summed E-state index contributed by atoms with van der Waals surface area (Å²) in [5.74, 6) is 0.216. The second-order valence-electron chi connectivity index (χ2n) is 6.81. The van der Waals surface area contributed by atoms with E-state index in [1.807, 2.05) is 42.5 Å². The fourth-order valence-electron chi connectivity index (χ4n) is 3.62. The standard InChI is InChI=1S/C23H18N4O2/c28-23(19-15-22(29-26-19)17-9-12-24-13-10-17)25-18-6-2-4-8-21(18)27-14-11-16-5-1-3-7-20(16)27/h1-10,12-13,15H,11,14H2,(H,25,28). The number of hydrogen-bond donors (Lipinski definition) is 1. The lowest BCUT2D eigenvalue weighted by Gasteiger charge is -2.22. The maximum atomic E-state index is 12.8. The minimum Gasteiger partial charge on any atom is -0.355 e. The largest absolute Gasteiger partial charge is 0.355 e. The predicted octanol–water partition coefficient (Wildman–Crippen LogP) is 4.68. The van der Waals surface area contributed by atoms with Gasteiger partial charge in [-0.1, -0.05) is 35.5 Å². The molecule has 1 amide bonds. The quantitative estimate of drug-likeness (QED) is 0.555. The first-order chi connectivity index (χ1) is 14.3. The Morgan fingerprint density at radius 3 is 2.59 bits per heavy atom. The van der Waals surface area contributed by atoms with Gasteiger partial charge >= 0.3 is 0 Å². The van der Waals surface area contributed by atoms with Crippen molar-refractivity contribution in [2.75, 3.05) is 16.8 Å². The Bertz CT molecular complexity index is 1170. The van der Waals surface area contributed by atoms with Gasteiger partial charge in [-0.05, 0) is 42.3 Å². The summed E-state index contributed by atoms with van der Waals surface area (Å²) < 4.78 is 5.34. The number of para-hydroxylation sites is 3. The van der Waals surface area contributed by atoms with Gasteiger partial charge in [-0.2, -0.15) is 0 Å². The van der Waals surface area contributed by atoms with Crippen molar-refractivity contribution in [3.8, 4) is 11.3 Å². The lowest BCUT2D eigenvalue weighted by molar-refractivity contribution is 0.101. The first kappa shape index (κ1) is 17.2. The third-order valence-electron chi connectivity index (χ3n) is 5.04. The van der Waals surface area contributed by atoms with Crippen LogP contribution >= 0.6 is 0 Å². The molecule has 1 N–H and O–H groups in total. The molecule has 4 aromatic rings. The number of carbonyl (C=O) groups excluding carboxylic acids is 1. The van der Waals surface area contributed by atoms with Gasteiger partial charge in [0.25, 0.3) is 5.91 Å². The monoisotopic (exact) mass is 382 g/mol. The molecule has 0 bridgehead atoms. The molecule has 2 aromatic carbocycles. The summed E-state index contributed by atoms with van der Waals surface area (Å²) >= 11 is 0. The molecule has 0 spiro atoms. The Balaban J connectivity index is 1.41. The number of amides is 1. The number of hydrogen-bond acceptors (Lipinski definition) is 5. The molecular formula is C23H18N4O2. The van der Waals surface area contributed by atoms with Gasteiger partial charge in [0.1, 0.15) is 0 Å². The highest BCUT2D eigenvalue weighted by Crippen LogP contribution is 2.38. The molecule has 3 heterocycles. The molecule has 0 aliphatic carbocycles. The van der Waals surface area contributed by atoms with E-state index >= 15 is 0 Å². The second kappa shape index (κ2) is 7.24.